The van der Waals surface area contributed by atoms with E-state index in [2.05, 4.69) is 27.9 Å². The molecule has 0 radical (unpaired) electrons. The number of halogens is 1. The zero-order chi connectivity index (χ0) is 9.61. The minimum atomic E-state index is -0.141. The summed E-state index contributed by atoms with van der Waals surface area (Å²) in [4.78, 5) is 11.2. The normalized spacial score (nSPS) is 11.3. The van der Waals surface area contributed by atoms with Gasteiger partial charge in [0.1, 0.15) is 0 Å². The maximum atomic E-state index is 11.2. The number of nitrogens with one attached hydrogen (secondary N) is 1. The predicted molar refractivity (Wildman–Crippen MR) is 59.1 cm³/mol. The van der Waals surface area contributed by atoms with Crippen LogP contribution in [0.25, 0.3) is 0 Å². The van der Waals surface area contributed by atoms with Crippen molar-refractivity contribution in [3.63, 3.8) is 0 Å². The summed E-state index contributed by atoms with van der Waals surface area (Å²) in [6, 6.07) is 0. The van der Waals surface area contributed by atoms with Gasteiger partial charge in [-0.1, -0.05) is 22.6 Å². The summed E-state index contributed by atoms with van der Waals surface area (Å²) in [6.07, 6.45) is 2.40. The first-order chi connectivity index (χ1) is 5.45. The van der Waals surface area contributed by atoms with Crippen molar-refractivity contribution in [2.24, 2.45) is 5.73 Å². The number of unbranched alkanes of at least 4 members (excludes halogenated alkanes) is 1. The van der Waals surface area contributed by atoms with Gasteiger partial charge in [-0.2, -0.15) is 0 Å². The second-order valence-corrected chi connectivity index (χ2v) is 5.96. The van der Waals surface area contributed by atoms with E-state index >= 15 is 0 Å². The number of hydrogen-bond donors (Lipinski definition) is 2. The van der Waals surface area contributed by atoms with Gasteiger partial charge in [0.25, 0.3) is 0 Å². The molecular formula is C8H17IN2O. The largest absolute Gasteiger partial charge is 0.342 e. The van der Waals surface area contributed by atoms with Gasteiger partial charge in [-0.05, 0) is 33.2 Å². The van der Waals surface area contributed by atoms with Crippen LogP contribution in [0.2, 0.25) is 0 Å². The van der Waals surface area contributed by atoms with Crippen LogP contribution in [-0.2, 0) is 4.79 Å². The van der Waals surface area contributed by atoms with E-state index in [1.807, 2.05) is 13.8 Å². The van der Waals surface area contributed by atoms with Gasteiger partial charge in [0, 0.05) is 6.42 Å². The van der Waals surface area contributed by atoms with Crippen LogP contribution in [0.15, 0.2) is 0 Å². The Labute approximate surface area is 87.6 Å². The second-order valence-electron chi connectivity index (χ2n) is 3.27. The van der Waals surface area contributed by atoms with Gasteiger partial charge in [-0.3, -0.25) is 4.79 Å². The molecule has 0 aliphatic carbocycles. The van der Waals surface area contributed by atoms with Gasteiger partial charge in [-0.15, -0.1) is 0 Å². The van der Waals surface area contributed by atoms with Crippen molar-refractivity contribution < 1.29 is 4.79 Å². The molecule has 0 fully saturated rings. The molecule has 72 valence electrons. The number of carbonyl (C=O) groups is 1. The molecule has 0 aliphatic heterocycles. The van der Waals surface area contributed by atoms with Crippen LogP contribution in [0.3, 0.4) is 0 Å². The number of alkyl halides is 1. The van der Waals surface area contributed by atoms with Crippen LogP contribution in [0, 0.1) is 0 Å². The van der Waals surface area contributed by atoms with Crippen molar-refractivity contribution in [3.8, 4) is 0 Å². The van der Waals surface area contributed by atoms with Crippen molar-refractivity contribution in [3.05, 3.63) is 0 Å². The van der Waals surface area contributed by atoms with Gasteiger partial charge in [0.15, 0.2) is 0 Å². The second kappa shape index (κ2) is 5.75. The third kappa shape index (κ3) is 8.26. The van der Waals surface area contributed by atoms with Crippen molar-refractivity contribution in [1.82, 2.24) is 5.32 Å². The standard InChI is InChI=1S/C8H17IN2O/c1-8(2,9)11-7(12)5-3-4-6-10/h3-6,10H2,1-2H3,(H,11,12). The minimum absolute atomic E-state index is 0.114. The highest BCUT2D eigenvalue weighted by Crippen LogP contribution is 2.12. The molecule has 0 saturated heterocycles. The SMILES string of the molecule is CC(C)(I)NC(=O)CCCCN. The maximum Gasteiger partial charge on any atom is 0.221 e. The van der Waals surface area contributed by atoms with Gasteiger partial charge in [0.05, 0.1) is 3.55 Å². The molecule has 0 rings (SSSR count). The molecule has 4 heteroatoms. The Balaban J connectivity index is 3.47. The van der Waals surface area contributed by atoms with Crippen LogP contribution in [0.1, 0.15) is 33.1 Å². The number of rotatable bonds is 5. The molecule has 3 nitrogen and oxygen atoms in total. The summed E-state index contributed by atoms with van der Waals surface area (Å²) in [5.41, 5.74) is 5.31. The summed E-state index contributed by atoms with van der Waals surface area (Å²) in [7, 11) is 0. The smallest absolute Gasteiger partial charge is 0.221 e. The number of amides is 1. The molecule has 0 aromatic carbocycles. The molecular weight excluding hydrogens is 267 g/mol. The van der Waals surface area contributed by atoms with E-state index in [4.69, 9.17) is 5.73 Å². The third-order valence-corrected chi connectivity index (χ3v) is 1.56. The zero-order valence-corrected chi connectivity index (χ0v) is 9.85. The first-order valence-corrected chi connectivity index (χ1v) is 5.23. The quantitative estimate of drug-likeness (QED) is 0.347. The molecule has 0 unspecified atom stereocenters. The Morgan fingerprint density at radius 1 is 1.50 bits per heavy atom. The van der Waals surface area contributed by atoms with Crippen molar-refractivity contribution >= 4 is 28.5 Å². The highest BCUT2D eigenvalue weighted by molar-refractivity contribution is 14.1. The molecule has 0 aromatic heterocycles. The summed E-state index contributed by atoms with van der Waals surface area (Å²) < 4.78 is -0.141. The van der Waals surface area contributed by atoms with Gasteiger partial charge < -0.3 is 11.1 Å². The number of nitrogens with two attached hydrogens (primary N) is 1. The highest BCUT2D eigenvalue weighted by atomic mass is 127. The lowest BCUT2D eigenvalue weighted by Crippen LogP contribution is -2.37. The lowest BCUT2D eigenvalue weighted by Gasteiger charge is -2.18. The fourth-order valence-electron chi connectivity index (χ4n) is 0.824. The first-order valence-electron chi connectivity index (χ1n) is 4.15. The average Bonchev–Trinajstić information content (AvgIpc) is 1.84. The van der Waals surface area contributed by atoms with Crippen LogP contribution in [-0.4, -0.2) is 16.0 Å². The van der Waals surface area contributed by atoms with Crippen LogP contribution in [0.4, 0.5) is 0 Å². The number of hydrogen-bond acceptors (Lipinski definition) is 2. The van der Waals surface area contributed by atoms with E-state index in [1.165, 1.54) is 0 Å². The molecule has 0 saturated carbocycles. The monoisotopic (exact) mass is 284 g/mol. The average molecular weight is 284 g/mol. The van der Waals surface area contributed by atoms with Crippen LogP contribution >= 0.6 is 22.6 Å². The fourth-order valence-corrected chi connectivity index (χ4v) is 1.12. The van der Waals surface area contributed by atoms with Gasteiger partial charge in [0.2, 0.25) is 5.91 Å². The van der Waals surface area contributed by atoms with E-state index < -0.39 is 0 Å². The Kier molecular flexibility index (Phi) is 5.82. The lowest BCUT2D eigenvalue weighted by atomic mass is 10.2. The van der Waals surface area contributed by atoms with Crippen LogP contribution in [0.5, 0.6) is 0 Å². The topological polar surface area (TPSA) is 55.1 Å². The van der Waals surface area contributed by atoms with E-state index in [1.54, 1.807) is 0 Å². The van der Waals surface area contributed by atoms with E-state index in [-0.39, 0.29) is 9.45 Å². The summed E-state index contributed by atoms with van der Waals surface area (Å²) >= 11 is 2.20. The molecule has 0 aliphatic rings. The highest BCUT2D eigenvalue weighted by Gasteiger charge is 2.14. The lowest BCUT2D eigenvalue weighted by molar-refractivity contribution is -0.121. The van der Waals surface area contributed by atoms with Crippen LogP contribution < -0.4 is 11.1 Å². The summed E-state index contributed by atoms with van der Waals surface area (Å²) in [6.45, 7) is 4.60. The van der Waals surface area contributed by atoms with E-state index in [9.17, 15) is 4.79 Å². The number of carbonyl (C=O) groups excluding carboxylic acids is 1. The van der Waals surface area contributed by atoms with Crippen molar-refractivity contribution in [1.29, 1.82) is 0 Å². The van der Waals surface area contributed by atoms with Crippen molar-refractivity contribution in [2.75, 3.05) is 6.54 Å². The first kappa shape index (κ1) is 12.2. The Hall–Kier alpha value is 0.160. The summed E-state index contributed by atoms with van der Waals surface area (Å²) in [5.74, 6) is 0.114. The molecule has 0 aromatic rings. The molecule has 0 bridgehead atoms. The molecule has 12 heavy (non-hydrogen) atoms. The Bertz CT molecular complexity index is 142. The molecule has 0 heterocycles. The maximum absolute atomic E-state index is 11.2. The van der Waals surface area contributed by atoms with Gasteiger partial charge >= 0.3 is 0 Å². The molecule has 0 spiro atoms. The van der Waals surface area contributed by atoms with Crippen molar-refractivity contribution in [2.45, 2.75) is 36.7 Å². The third-order valence-electron chi connectivity index (χ3n) is 1.29. The molecule has 0 atom stereocenters. The van der Waals surface area contributed by atoms with E-state index in [0.717, 1.165) is 12.8 Å². The Morgan fingerprint density at radius 2 is 2.08 bits per heavy atom. The minimum Gasteiger partial charge on any atom is -0.342 e. The van der Waals surface area contributed by atoms with Gasteiger partial charge in [-0.25, -0.2) is 0 Å². The Morgan fingerprint density at radius 3 is 2.50 bits per heavy atom. The molecule has 1 amide bonds. The predicted octanol–water partition coefficient (Wildman–Crippen LogP) is 1.40. The fraction of sp³-hybridized carbons (Fsp3) is 0.875. The molecule has 3 N–H and O–H groups in total. The van der Waals surface area contributed by atoms with E-state index in [0.29, 0.717) is 13.0 Å². The summed E-state index contributed by atoms with van der Waals surface area (Å²) in [5, 5.41) is 2.88. The zero-order valence-electron chi connectivity index (χ0n) is 7.69.